The minimum Gasteiger partial charge on any atom is -0.486 e. The number of fused-ring (bicyclic) bond motifs is 1. The van der Waals surface area contributed by atoms with Gasteiger partial charge in [-0.15, -0.1) is 0 Å². The number of hydrogen-bond donors (Lipinski definition) is 1. The molecule has 0 aliphatic carbocycles. The van der Waals surface area contributed by atoms with E-state index in [-0.39, 0.29) is 30.8 Å². The van der Waals surface area contributed by atoms with Crippen molar-refractivity contribution in [2.45, 2.75) is 30.0 Å². The van der Waals surface area contributed by atoms with E-state index in [4.69, 9.17) is 21.4 Å². The maximum Gasteiger partial charge on any atom is 0.416 e. The summed E-state index contributed by atoms with van der Waals surface area (Å²) in [6.45, 7) is -0.273. The largest absolute Gasteiger partial charge is 0.486 e. The zero-order valence-corrected chi connectivity index (χ0v) is 19.6. The SMILES string of the molecule is O=C(O)CC[C@H]1CN(S(=O)(=O)c2cccc(C(F)(F)F)c2)c2cc(-c3ccccc3Cl)ccc2O1. The van der Waals surface area contributed by atoms with Gasteiger partial charge >= 0.3 is 12.1 Å². The van der Waals surface area contributed by atoms with Gasteiger partial charge < -0.3 is 9.84 Å². The van der Waals surface area contributed by atoms with Gasteiger partial charge in [0, 0.05) is 17.0 Å². The predicted molar refractivity (Wildman–Crippen MR) is 124 cm³/mol. The number of halogens is 4. The van der Waals surface area contributed by atoms with Gasteiger partial charge in [0.15, 0.2) is 0 Å². The molecule has 4 rings (SSSR count). The fourth-order valence-electron chi connectivity index (χ4n) is 3.80. The fourth-order valence-corrected chi connectivity index (χ4v) is 5.59. The molecule has 0 radical (unpaired) electrons. The predicted octanol–water partition coefficient (Wildman–Crippen LogP) is 5.85. The number of anilines is 1. The number of carboxylic acid groups (broad SMARTS) is 1. The highest BCUT2D eigenvalue weighted by Gasteiger charge is 2.37. The Morgan fingerprint density at radius 1 is 1.09 bits per heavy atom. The van der Waals surface area contributed by atoms with Crippen molar-refractivity contribution < 1.29 is 36.2 Å². The number of sulfonamides is 1. The zero-order chi connectivity index (χ0) is 25.4. The van der Waals surface area contributed by atoms with Crippen molar-refractivity contribution in [1.82, 2.24) is 0 Å². The molecule has 1 atom stereocenters. The van der Waals surface area contributed by atoms with Crippen LogP contribution in [0.4, 0.5) is 18.9 Å². The van der Waals surface area contributed by atoms with Crippen LogP contribution >= 0.6 is 11.6 Å². The van der Waals surface area contributed by atoms with Crippen molar-refractivity contribution in [3.63, 3.8) is 0 Å². The highest BCUT2D eigenvalue weighted by molar-refractivity contribution is 7.92. The molecule has 3 aromatic carbocycles. The van der Waals surface area contributed by atoms with Crippen molar-refractivity contribution in [2.24, 2.45) is 0 Å². The molecule has 0 fully saturated rings. The van der Waals surface area contributed by atoms with E-state index < -0.39 is 38.7 Å². The lowest BCUT2D eigenvalue weighted by atomic mass is 10.0. The smallest absolute Gasteiger partial charge is 0.416 e. The molecule has 0 amide bonds. The summed E-state index contributed by atoms with van der Waals surface area (Å²) in [5.74, 6) is -0.918. The maximum atomic E-state index is 13.6. The van der Waals surface area contributed by atoms with Crippen molar-refractivity contribution in [3.8, 4) is 16.9 Å². The van der Waals surface area contributed by atoms with Crippen molar-refractivity contribution in [2.75, 3.05) is 10.8 Å². The molecule has 0 aromatic heterocycles. The first-order valence-corrected chi connectivity index (χ1v) is 12.3. The molecule has 1 aliphatic rings. The Bertz CT molecular complexity index is 1380. The fraction of sp³-hybridized carbons (Fsp3) is 0.208. The van der Waals surface area contributed by atoms with Crippen molar-refractivity contribution >= 4 is 33.3 Å². The Hall–Kier alpha value is -3.24. The molecule has 0 unspecified atom stereocenters. The third-order valence-corrected chi connectivity index (χ3v) is 7.61. The Morgan fingerprint density at radius 3 is 2.51 bits per heavy atom. The molecular weight excluding hydrogens is 507 g/mol. The van der Waals surface area contributed by atoms with Gasteiger partial charge in [-0.1, -0.05) is 41.9 Å². The molecule has 11 heteroatoms. The van der Waals surface area contributed by atoms with Gasteiger partial charge in [0.05, 0.1) is 22.7 Å². The number of nitrogens with zero attached hydrogens (tertiary/aromatic N) is 1. The molecule has 0 saturated heterocycles. The number of ether oxygens (including phenoxy) is 1. The lowest BCUT2D eigenvalue weighted by Gasteiger charge is -2.36. The van der Waals surface area contributed by atoms with E-state index in [0.29, 0.717) is 22.2 Å². The van der Waals surface area contributed by atoms with Crippen molar-refractivity contribution in [1.29, 1.82) is 0 Å². The number of hydrogen-bond acceptors (Lipinski definition) is 4. The van der Waals surface area contributed by atoms with Crippen LogP contribution in [0.3, 0.4) is 0 Å². The summed E-state index contributed by atoms with van der Waals surface area (Å²) in [6.07, 6.45) is -5.80. The number of alkyl halides is 3. The van der Waals surface area contributed by atoms with Crippen LogP contribution in [-0.2, 0) is 21.0 Å². The van der Waals surface area contributed by atoms with Crippen LogP contribution < -0.4 is 9.04 Å². The average molecular weight is 526 g/mol. The topological polar surface area (TPSA) is 83.9 Å². The van der Waals surface area contributed by atoms with E-state index in [9.17, 15) is 26.4 Å². The molecule has 6 nitrogen and oxygen atoms in total. The summed E-state index contributed by atoms with van der Waals surface area (Å²) in [5, 5.41) is 9.46. The summed E-state index contributed by atoms with van der Waals surface area (Å²) < 4.78 is 73.8. The summed E-state index contributed by atoms with van der Waals surface area (Å²) >= 11 is 6.29. The summed E-state index contributed by atoms with van der Waals surface area (Å²) in [5.41, 5.74) is 0.221. The first-order chi connectivity index (χ1) is 16.5. The van der Waals surface area contributed by atoms with E-state index in [1.54, 1.807) is 30.3 Å². The molecule has 184 valence electrons. The van der Waals surface area contributed by atoms with Gasteiger partial charge in [0.2, 0.25) is 0 Å². The second-order valence-electron chi connectivity index (χ2n) is 7.90. The third-order valence-electron chi connectivity index (χ3n) is 5.51. The first-order valence-electron chi connectivity index (χ1n) is 10.4. The quantitative estimate of drug-likeness (QED) is 0.436. The molecule has 1 heterocycles. The highest BCUT2D eigenvalue weighted by atomic mass is 35.5. The maximum absolute atomic E-state index is 13.6. The zero-order valence-electron chi connectivity index (χ0n) is 18.0. The normalized spacial score (nSPS) is 15.9. The lowest BCUT2D eigenvalue weighted by Crippen LogP contribution is -2.43. The van der Waals surface area contributed by atoms with Crippen LogP contribution in [0.2, 0.25) is 5.02 Å². The second-order valence-corrected chi connectivity index (χ2v) is 10.2. The van der Waals surface area contributed by atoms with Crippen LogP contribution in [0, 0.1) is 0 Å². The molecular formula is C24H19ClF3NO5S. The Balaban J connectivity index is 1.82. The van der Waals surface area contributed by atoms with Crippen LogP contribution in [0.1, 0.15) is 18.4 Å². The van der Waals surface area contributed by atoms with Gasteiger partial charge in [-0.25, -0.2) is 8.42 Å². The third kappa shape index (κ3) is 5.23. The number of carbonyl (C=O) groups is 1. The highest BCUT2D eigenvalue weighted by Crippen LogP contribution is 2.42. The Kier molecular flexibility index (Phi) is 6.70. The minimum atomic E-state index is -4.73. The van der Waals surface area contributed by atoms with Crippen LogP contribution in [0.25, 0.3) is 11.1 Å². The summed E-state index contributed by atoms with van der Waals surface area (Å²) in [6, 6.07) is 15.1. The van der Waals surface area contributed by atoms with Crippen LogP contribution in [-0.4, -0.2) is 32.1 Å². The Morgan fingerprint density at radius 2 is 1.83 bits per heavy atom. The number of benzene rings is 3. The number of aliphatic carboxylic acids is 1. The first kappa shape index (κ1) is 24.9. The molecule has 1 aliphatic heterocycles. The van der Waals surface area contributed by atoms with Gasteiger partial charge in [-0.3, -0.25) is 9.10 Å². The number of carboxylic acids is 1. The van der Waals surface area contributed by atoms with Gasteiger partial charge in [0.1, 0.15) is 11.9 Å². The molecule has 35 heavy (non-hydrogen) atoms. The second kappa shape index (κ2) is 9.43. The molecule has 3 aromatic rings. The summed E-state index contributed by atoms with van der Waals surface area (Å²) in [7, 11) is -4.47. The van der Waals surface area contributed by atoms with Crippen LogP contribution in [0.5, 0.6) is 5.75 Å². The summed E-state index contributed by atoms with van der Waals surface area (Å²) in [4.78, 5) is 10.5. The van der Waals surface area contributed by atoms with Gasteiger partial charge in [0.25, 0.3) is 10.0 Å². The van der Waals surface area contributed by atoms with E-state index in [1.165, 1.54) is 12.1 Å². The average Bonchev–Trinajstić information content (AvgIpc) is 2.81. The van der Waals surface area contributed by atoms with Crippen molar-refractivity contribution in [3.05, 3.63) is 77.3 Å². The molecule has 0 spiro atoms. The van der Waals surface area contributed by atoms with E-state index in [1.807, 2.05) is 0 Å². The van der Waals surface area contributed by atoms with E-state index in [2.05, 4.69) is 0 Å². The van der Waals surface area contributed by atoms with Gasteiger partial charge in [-0.2, -0.15) is 13.2 Å². The monoisotopic (exact) mass is 525 g/mol. The van der Waals surface area contributed by atoms with E-state index in [0.717, 1.165) is 22.5 Å². The minimum absolute atomic E-state index is 0.00957. The lowest BCUT2D eigenvalue weighted by molar-refractivity contribution is -0.138. The number of rotatable bonds is 6. The molecule has 1 N–H and O–H groups in total. The Labute approximate surface area is 204 Å². The standard InChI is InChI=1S/C24H19ClF3NO5S/c25-20-7-2-1-6-19(20)15-8-10-22-21(12-15)29(14-17(34-22)9-11-23(30)31)35(32,33)18-5-3-4-16(13-18)24(26,27)28/h1-8,10,12-13,17H,9,11,14H2,(H,30,31)/t17-/m0/s1. The van der Waals surface area contributed by atoms with Gasteiger partial charge in [-0.05, 0) is 48.4 Å². The molecule has 0 saturated carbocycles. The van der Waals surface area contributed by atoms with Crippen LogP contribution in [0.15, 0.2) is 71.6 Å². The molecule has 0 bridgehead atoms. The van der Waals surface area contributed by atoms with E-state index >= 15 is 0 Å².